The van der Waals surface area contributed by atoms with Crippen molar-refractivity contribution in [2.24, 2.45) is 0 Å². The maximum absolute atomic E-state index is 12.5. The summed E-state index contributed by atoms with van der Waals surface area (Å²) in [6, 6.07) is 11.5. The van der Waals surface area contributed by atoms with Crippen molar-refractivity contribution >= 4 is 29.8 Å². The molecule has 152 valence electrons. The highest BCUT2D eigenvalue weighted by Crippen LogP contribution is 2.05. The summed E-state index contributed by atoms with van der Waals surface area (Å²) in [5.41, 5.74) is 0.818. The fraction of sp³-hybridized carbons (Fsp3) is 0.200. The van der Waals surface area contributed by atoms with Crippen molar-refractivity contribution in [3.8, 4) is 0 Å². The molecule has 0 radical (unpaired) electrons. The number of nitrogens with one attached hydrogen (secondary N) is 3. The third-order valence-corrected chi connectivity index (χ3v) is 3.72. The summed E-state index contributed by atoms with van der Waals surface area (Å²) < 4.78 is 5.10. The summed E-state index contributed by atoms with van der Waals surface area (Å²) in [6.07, 6.45) is 4.39. The minimum absolute atomic E-state index is 0.212. The number of furan rings is 1. The predicted octanol–water partition coefficient (Wildman–Crippen LogP) is 0.337. The molecule has 29 heavy (non-hydrogen) atoms. The van der Waals surface area contributed by atoms with Crippen LogP contribution in [0.4, 0.5) is 0 Å². The van der Waals surface area contributed by atoms with Gasteiger partial charge in [-0.15, -0.1) is 0 Å². The predicted molar refractivity (Wildman–Crippen MR) is 103 cm³/mol. The molecule has 2 aromatic rings. The number of hydrogen-bond acceptors (Lipinski definition) is 5. The van der Waals surface area contributed by atoms with E-state index in [-0.39, 0.29) is 6.42 Å². The van der Waals surface area contributed by atoms with Crippen LogP contribution in [-0.4, -0.2) is 47.9 Å². The number of carboxylic acid groups (broad SMARTS) is 1. The SMILES string of the molecule is O=C(O)CNC(=O)CNC(=O)[C@H](Cc1ccccc1)NC(=O)/C=C/c1ccco1. The summed E-state index contributed by atoms with van der Waals surface area (Å²) in [6.45, 7) is -0.952. The molecule has 4 N–H and O–H groups in total. The van der Waals surface area contributed by atoms with Crippen molar-refractivity contribution in [1.29, 1.82) is 0 Å². The number of rotatable bonds is 10. The van der Waals surface area contributed by atoms with Gasteiger partial charge in [-0.2, -0.15) is 0 Å². The summed E-state index contributed by atoms with van der Waals surface area (Å²) in [4.78, 5) is 46.7. The van der Waals surface area contributed by atoms with E-state index < -0.39 is 42.8 Å². The first-order chi connectivity index (χ1) is 13.9. The molecule has 0 saturated heterocycles. The molecule has 0 aliphatic rings. The van der Waals surface area contributed by atoms with E-state index in [0.717, 1.165) is 5.56 Å². The van der Waals surface area contributed by atoms with Crippen molar-refractivity contribution in [3.63, 3.8) is 0 Å². The molecular formula is C20H21N3O6. The number of carbonyl (C=O) groups excluding carboxylic acids is 3. The molecule has 1 aromatic carbocycles. The van der Waals surface area contributed by atoms with Crippen molar-refractivity contribution < 1.29 is 28.7 Å². The first-order valence-electron chi connectivity index (χ1n) is 8.76. The maximum atomic E-state index is 12.5. The summed E-state index contributed by atoms with van der Waals surface area (Å²) >= 11 is 0. The normalized spacial score (nSPS) is 11.6. The maximum Gasteiger partial charge on any atom is 0.322 e. The molecule has 1 atom stereocenters. The monoisotopic (exact) mass is 399 g/mol. The van der Waals surface area contributed by atoms with Crippen LogP contribution in [0.3, 0.4) is 0 Å². The number of aliphatic carboxylic acids is 1. The Morgan fingerprint density at radius 3 is 2.41 bits per heavy atom. The molecule has 0 spiro atoms. The van der Waals surface area contributed by atoms with E-state index in [0.29, 0.717) is 5.76 Å². The average molecular weight is 399 g/mol. The highest BCUT2D eigenvalue weighted by Gasteiger charge is 2.21. The second kappa shape index (κ2) is 11.1. The van der Waals surface area contributed by atoms with E-state index in [1.54, 1.807) is 12.1 Å². The van der Waals surface area contributed by atoms with Gasteiger partial charge >= 0.3 is 5.97 Å². The number of carbonyl (C=O) groups is 4. The van der Waals surface area contributed by atoms with Crippen molar-refractivity contribution in [1.82, 2.24) is 16.0 Å². The van der Waals surface area contributed by atoms with Gasteiger partial charge in [-0.1, -0.05) is 30.3 Å². The second-order valence-corrected chi connectivity index (χ2v) is 5.99. The smallest absolute Gasteiger partial charge is 0.322 e. The number of amides is 3. The van der Waals surface area contributed by atoms with E-state index in [4.69, 9.17) is 9.52 Å². The van der Waals surface area contributed by atoms with Crippen LogP contribution in [0.1, 0.15) is 11.3 Å². The lowest BCUT2D eigenvalue weighted by Crippen LogP contribution is -2.50. The largest absolute Gasteiger partial charge is 0.480 e. The average Bonchev–Trinajstić information content (AvgIpc) is 3.23. The van der Waals surface area contributed by atoms with Crippen LogP contribution in [-0.2, 0) is 25.6 Å². The fourth-order valence-electron chi connectivity index (χ4n) is 2.35. The number of benzene rings is 1. The van der Waals surface area contributed by atoms with Crippen LogP contribution in [0.5, 0.6) is 0 Å². The van der Waals surface area contributed by atoms with Crippen LogP contribution >= 0.6 is 0 Å². The van der Waals surface area contributed by atoms with Gasteiger partial charge in [0, 0.05) is 12.5 Å². The van der Waals surface area contributed by atoms with Gasteiger partial charge in [0.15, 0.2) is 0 Å². The van der Waals surface area contributed by atoms with Crippen LogP contribution in [0.15, 0.2) is 59.2 Å². The zero-order valence-electron chi connectivity index (χ0n) is 15.5. The molecule has 2 rings (SSSR count). The van der Waals surface area contributed by atoms with Crippen LogP contribution in [0.2, 0.25) is 0 Å². The molecule has 9 heteroatoms. The van der Waals surface area contributed by atoms with E-state index in [2.05, 4.69) is 16.0 Å². The van der Waals surface area contributed by atoms with Gasteiger partial charge in [-0.05, 0) is 23.8 Å². The van der Waals surface area contributed by atoms with Gasteiger partial charge in [0.1, 0.15) is 18.3 Å². The Balaban J connectivity index is 1.97. The van der Waals surface area contributed by atoms with Crippen LogP contribution in [0, 0.1) is 0 Å². The molecule has 0 aliphatic heterocycles. The molecular weight excluding hydrogens is 378 g/mol. The Morgan fingerprint density at radius 2 is 1.76 bits per heavy atom. The van der Waals surface area contributed by atoms with E-state index in [9.17, 15) is 19.2 Å². The van der Waals surface area contributed by atoms with Crippen molar-refractivity contribution in [2.45, 2.75) is 12.5 Å². The van der Waals surface area contributed by atoms with Gasteiger partial charge in [0.2, 0.25) is 17.7 Å². The first kappa shape index (κ1) is 21.4. The lowest BCUT2D eigenvalue weighted by Gasteiger charge is -2.17. The Kier molecular flexibility index (Phi) is 8.18. The van der Waals surface area contributed by atoms with Gasteiger partial charge in [-0.25, -0.2) is 0 Å². The van der Waals surface area contributed by atoms with Crippen molar-refractivity contribution in [3.05, 3.63) is 66.1 Å². The van der Waals surface area contributed by atoms with E-state index >= 15 is 0 Å². The molecule has 0 bridgehead atoms. The standard InChI is InChI=1S/C20H21N3O6/c24-17(9-8-15-7-4-10-29-15)23-16(11-14-5-2-1-3-6-14)20(28)22-12-18(25)21-13-19(26)27/h1-10,16H,11-13H2,(H,21,25)(H,22,28)(H,23,24)(H,26,27)/b9-8+/t16-/m0/s1. The summed E-state index contributed by atoms with van der Waals surface area (Å²) in [7, 11) is 0. The zero-order valence-corrected chi connectivity index (χ0v) is 15.5. The van der Waals surface area contributed by atoms with Gasteiger partial charge in [0.25, 0.3) is 0 Å². The third kappa shape index (κ3) is 8.12. The molecule has 0 saturated carbocycles. The molecule has 0 aliphatic carbocycles. The van der Waals surface area contributed by atoms with Gasteiger partial charge in [0.05, 0.1) is 12.8 Å². The summed E-state index contributed by atoms with van der Waals surface area (Å²) in [5.74, 6) is -2.43. The molecule has 9 nitrogen and oxygen atoms in total. The Morgan fingerprint density at radius 1 is 1.00 bits per heavy atom. The van der Waals surface area contributed by atoms with Gasteiger partial charge < -0.3 is 25.5 Å². The van der Waals surface area contributed by atoms with Crippen LogP contribution in [0.25, 0.3) is 6.08 Å². The first-order valence-corrected chi connectivity index (χ1v) is 8.76. The topological polar surface area (TPSA) is 138 Å². The van der Waals surface area contributed by atoms with E-state index in [1.807, 2.05) is 30.3 Å². The Labute approximate surface area is 166 Å². The van der Waals surface area contributed by atoms with E-state index in [1.165, 1.54) is 18.4 Å². The molecule has 1 aromatic heterocycles. The summed E-state index contributed by atoms with van der Waals surface area (Å²) in [5, 5.41) is 15.7. The Hall–Kier alpha value is -3.88. The lowest BCUT2D eigenvalue weighted by atomic mass is 10.1. The molecule has 1 heterocycles. The highest BCUT2D eigenvalue weighted by molar-refractivity contribution is 5.96. The minimum atomic E-state index is -1.19. The van der Waals surface area contributed by atoms with Crippen LogP contribution < -0.4 is 16.0 Å². The number of carboxylic acids is 1. The molecule has 0 unspecified atom stereocenters. The third-order valence-electron chi connectivity index (χ3n) is 3.72. The zero-order chi connectivity index (χ0) is 21.1. The minimum Gasteiger partial charge on any atom is -0.480 e. The second-order valence-electron chi connectivity index (χ2n) is 5.99. The Bertz CT molecular complexity index is 862. The highest BCUT2D eigenvalue weighted by atomic mass is 16.4. The number of hydrogen-bond donors (Lipinski definition) is 4. The van der Waals surface area contributed by atoms with Crippen molar-refractivity contribution in [2.75, 3.05) is 13.1 Å². The fourth-order valence-corrected chi connectivity index (χ4v) is 2.35. The molecule has 3 amide bonds. The lowest BCUT2D eigenvalue weighted by molar-refractivity contribution is -0.137. The van der Waals surface area contributed by atoms with Gasteiger partial charge in [-0.3, -0.25) is 19.2 Å². The quantitative estimate of drug-likeness (QED) is 0.425. The molecule has 0 fully saturated rings.